The summed E-state index contributed by atoms with van der Waals surface area (Å²) in [5.41, 5.74) is 9.89. The summed E-state index contributed by atoms with van der Waals surface area (Å²) in [6, 6.07) is 9.84. The van der Waals surface area contributed by atoms with Crippen LogP contribution < -0.4 is 25.3 Å². The van der Waals surface area contributed by atoms with E-state index in [1.165, 1.54) is 25.6 Å². The van der Waals surface area contributed by atoms with Gasteiger partial charge in [0.1, 0.15) is 33.9 Å². The number of carbonyl (C=O) groups is 4. The van der Waals surface area contributed by atoms with Crippen LogP contribution in [-0.4, -0.2) is 116 Å². The average molecular weight is 882 g/mol. The molecule has 0 bridgehead atoms. The predicted octanol–water partition coefficient (Wildman–Crippen LogP) is 4.35. The molecular weight excluding hydrogens is 831 g/mol. The lowest BCUT2D eigenvalue weighted by Gasteiger charge is -2.26. The number of methoxy groups -OCH3 is 2. The third kappa shape index (κ3) is 9.72. The highest BCUT2D eigenvalue weighted by Crippen LogP contribution is 2.33. The number of anilines is 1. The summed E-state index contributed by atoms with van der Waals surface area (Å²) in [6.07, 6.45) is 4.48. The number of imidazole rings is 1. The Morgan fingerprint density at radius 1 is 0.873 bits per heavy atom. The van der Waals surface area contributed by atoms with Crippen LogP contribution in [0.3, 0.4) is 0 Å². The van der Waals surface area contributed by atoms with Gasteiger partial charge in [-0.2, -0.15) is 15.2 Å². The third-order valence-corrected chi connectivity index (χ3v) is 11.5. The highest BCUT2D eigenvalue weighted by atomic mass is 32.1. The Balaban J connectivity index is 1.28. The van der Waals surface area contributed by atoms with Crippen molar-refractivity contribution < 1.29 is 38.1 Å². The first-order valence-electron chi connectivity index (χ1n) is 20.6. The number of hydrogen-bond donors (Lipinski definition) is 2. The molecule has 2 aromatic carbocycles. The van der Waals surface area contributed by atoms with E-state index in [0.29, 0.717) is 99.7 Å². The van der Waals surface area contributed by atoms with E-state index in [-0.39, 0.29) is 30.2 Å². The number of hydrogen-bond acceptors (Lipinski definition) is 13. The van der Waals surface area contributed by atoms with Gasteiger partial charge in [-0.15, -0.1) is 0 Å². The molecule has 0 unspecified atom stereocenters. The van der Waals surface area contributed by atoms with Crippen molar-refractivity contribution in [2.45, 2.75) is 60.3 Å². The number of rotatable bonds is 17. The first-order chi connectivity index (χ1) is 30.4. The number of aryl methyl sites for hydroxylation is 4. The highest BCUT2D eigenvalue weighted by molar-refractivity contribution is 7.16. The smallest absolute Gasteiger partial charge is 0.338 e. The molecular formula is C43H51N11O8S. The van der Waals surface area contributed by atoms with Crippen LogP contribution in [0.1, 0.15) is 73.3 Å². The van der Waals surface area contributed by atoms with E-state index in [0.717, 1.165) is 19.6 Å². The third-order valence-electron chi connectivity index (χ3n) is 10.5. The predicted molar refractivity (Wildman–Crippen MR) is 236 cm³/mol. The van der Waals surface area contributed by atoms with E-state index in [9.17, 15) is 19.2 Å². The molecule has 63 heavy (non-hydrogen) atoms. The molecule has 1 aliphatic rings. The number of morpholine rings is 1. The monoisotopic (exact) mass is 881 g/mol. The van der Waals surface area contributed by atoms with Crippen molar-refractivity contribution in [3.63, 3.8) is 0 Å². The Morgan fingerprint density at radius 3 is 2.21 bits per heavy atom. The lowest BCUT2D eigenvalue weighted by Crippen LogP contribution is -2.37. The van der Waals surface area contributed by atoms with Crippen molar-refractivity contribution in [2.75, 3.05) is 59.0 Å². The van der Waals surface area contributed by atoms with Crippen LogP contribution in [0.5, 0.6) is 11.5 Å². The Bertz CT molecular complexity index is 2790. The number of aromatic nitrogens is 7. The molecule has 3 N–H and O–H groups in total. The van der Waals surface area contributed by atoms with Crippen LogP contribution in [0, 0.1) is 13.8 Å². The van der Waals surface area contributed by atoms with Gasteiger partial charge in [0, 0.05) is 51.4 Å². The zero-order chi connectivity index (χ0) is 44.8. The molecule has 20 heteroatoms. The maximum Gasteiger partial charge on any atom is 0.338 e. The second-order valence-corrected chi connectivity index (χ2v) is 15.7. The maximum atomic E-state index is 13.8. The maximum absolute atomic E-state index is 13.8. The molecule has 6 aromatic rings. The zero-order valence-corrected chi connectivity index (χ0v) is 37.0. The molecule has 3 amide bonds. The Labute approximate surface area is 366 Å². The SMILES string of the molecule is CCn1nc(C)cc1C(=O)N=c1sc2cc(C(=O)OC)cc(OC)c2n1C/C=C/Cn1c(NC(=O)c2cc(C)nn2CC)nc2cc(C(N)=O)cc(OCCCN3CCOCC3)c21. The number of primary amides is 1. The molecule has 0 radical (unpaired) electrons. The summed E-state index contributed by atoms with van der Waals surface area (Å²) in [7, 11) is 2.80. The summed E-state index contributed by atoms with van der Waals surface area (Å²) < 4.78 is 30.1. The Morgan fingerprint density at radius 2 is 1.54 bits per heavy atom. The Hall–Kier alpha value is -6.64. The second kappa shape index (κ2) is 19.6. The van der Waals surface area contributed by atoms with E-state index in [1.54, 1.807) is 50.3 Å². The van der Waals surface area contributed by atoms with Gasteiger partial charge >= 0.3 is 5.97 Å². The highest BCUT2D eigenvalue weighted by Gasteiger charge is 2.23. The van der Waals surface area contributed by atoms with Crippen LogP contribution in [0.4, 0.5) is 5.95 Å². The summed E-state index contributed by atoms with van der Waals surface area (Å²) in [5.74, 6) is -1.13. The number of esters is 1. The lowest BCUT2D eigenvalue weighted by atomic mass is 10.1. The fraction of sp³-hybridized carbons (Fsp3) is 0.395. The van der Waals surface area contributed by atoms with E-state index < -0.39 is 23.7 Å². The number of thiazole rings is 1. The largest absolute Gasteiger partial charge is 0.494 e. The minimum atomic E-state index is -0.652. The van der Waals surface area contributed by atoms with Gasteiger partial charge in [-0.1, -0.05) is 23.5 Å². The van der Waals surface area contributed by atoms with Gasteiger partial charge in [0.15, 0.2) is 4.80 Å². The summed E-state index contributed by atoms with van der Waals surface area (Å²) in [5, 5.41) is 11.8. The molecule has 4 aromatic heterocycles. The molecule has 1 aliphatic heterocycles. The molecule has 5 heterocycles. The van der Waals surface area contributed by atoms with Gasteiger partial charge in [-0.3, -0.25) is 34.0 Å². The normalized spacial score (nSPS) is 13.7. The average Bonchev–Trinajstić information content (AvgIpc) is 4.05. The number of nitrogens with two attached hydrogens (primary N) is 1. The molecule has 19 nitrogen and oxygen atoms in total. The van der Waals surface area contributed by atoms with Crippen LogP contribution in [0.25, 0.3) is 21.3 Å². The lowest BCUT2D eigenvalue weighted by molar-refractivity contribution is 0.0358. The van der Waals surface area contributed by atoms with Gasteiger partial charge in [-0.25, -0.2) is 9.78 Å². The van der Waals surface area contributed by atoms with Gasteiger partial charge in [-0.05, 0) is 70.5 Å². The van der Waals surface area contributed by atoms with Crippen molar-refractivity contribution >= 4 is 62.2 Å². The minimum absolute atomic E-state index is 0.185. The molecule has 1 fully saturated rings. The minimum Gasteiger partial charge on any atom is -0.494 e. The molecule has 0 atom stereocenters. The van der Waals surface area contributed by atoms with E-state index in [1.807, 2.05) is 44.4 Å². The fourth-order valence-corrected chi connectivity index (χ4v) is 8.56. The first-order valence-corrected chi connectivity index (χ1v) is 21.4. The molecule has 1 saturated heterocycles. The number of allylic oxidation sites excluding steroid dienone is 2. The molecule has 0 aliphatic carbocycles. The van der Waals surface area contributed by atoms with Crippen molar-refractivity contribution in [2.24, 2.45) is 10.7 Å². The van der Waals surface area contributed by atoms with Gasteiger partial charge in [0.05, 0.1) is 61.2 Å². The Kier molecular flexibility index (Phi) is 13.8. The summed E-state index contributed by atoms with van der Waals surface area (Å²) >= 11 is 1.22. The number of nitrogens with zero attached hydrogens (tertiary/aromatic N) is 9. The van der Waals surface area contributed by atoms with Crippen molar-refractivity contribution in [1.29, 1.82) is 0 Å². The van der Waals surface area contributed by atoms with Crippen LogP contribution in [-0.2, 0) is 35.7 Å². The van der Waals surface area contributed by atoms with E-state index in [2.05, 4.69) is 25.4 Å². The van der Waals surface area contributed by atoms with Gasteiger partial charge in [0.2, 0.25) is 11.9 Å². The molecule has 0 saturated carbocycles. The molecule has 0 spiro atoms. The number of benzene rings is 2. The van der Waals surface area contributed by atoms with Gasteiger partial charge in [0.25, 0.3) is 11.8 Å². The zero-order valence-electron chi connectivity index (χ0n) is 36.2. The number of amides is 3. The van der Waals surface area contributed by atoms with E-state index in [4.69, 9.17) is 29.7 Å². The number of ether oxygens (including phenoxy) is 4. The number of nitrogens with one attached hydrogen (secondary N) is 1. The first kappa shape index (κ1) is 44.4. The van der Waals surface area contributed by atoms with Crippen LogP contribution in [0.15, 0.2) is 53.5 Å². The quantitative estimate of drug-likeness (QED) is 0.0743. The van der Waals surface area contributed by atoms with Crippen LogP contribution in [0.2, 0.25) is 0 Å². The van der Waals surface area contributed by atoms with Crippen molar-refractivity contribution in [1.82, 2.24) is 38.6 Å². The second-order valence-electron chi connectivity index (χ2n) is 14.7. The van der Waals surface area contributed by atoms with Crippen LogP contribution >= 0.6 is 11.3 Å². The van der Waals surface area contributed by atoms with Crippen molar-refractivity contribution in [3.05, 3.63) is 87.3 Å². The summed E-state index contributed by atoms with van der Waals surface area (Å²) in [4.78, 5) is 64.8. The molecule has 7 rings (SSSR count). The topological polar surface area (TPSA) is 217 Å². The standard InChI is InChI=1S/C43H51N11O8S/c1-7-53-31(20-26(3)48-53)39(56)46-42-45-30-22-28(38(44)55)23-34(62-17-11-12-50-15-18-61-19-16-50)36(30)51(42)13-9-10-14-52-37-33(59-5)24-29(41(58)60-6)25-35(37)63-43(52)47-40(57)32-21-27(4)49-54(32)8-2/h9-10,20-25H,7-8,11-19H2,1-6H3,(H2,44,55)(H,45,46,56)/b10-9+,47-43?. The number of carbonyl (C=O) groups excluding carboxylic acids is 4. The fourth-order valence-electron chi connectivity index (χ4n) is 7.47. The molecule has 332 valence electrons. The number of fused-ring (bicyclic) bond motifs is 2. The van der Waals surface area contributed by atoms with Gasteiger partial charge < -0.3 is 33.8 Å². The van der Waals surface area contributed by atoms with E-state index >= 15 is 0 Å². The van der Waals surface area contributed by atoms with Crippen molar-refractivity contribution in [3.8, 4) is 11.5 Å². The summed E-state index contributed by atoms with van der Waals surface area (Å²) in [6.45, 7) is 13.0.